The highest BCUT2D eigenvalue weighted by Crippen LogP contribution is 2.23. The summed E-state index contributed by atoms with van der Waals surface area (Å²) >= 11 is 0. The Labute approximate surface area is 242 Å². The maximum atomic E-state index is 13.7. The van der Waals surface area contributed by atoms with Gasteiger partial charge in [0.15, 0.2) is 11.5 Å². The topological polar surface area (TPSA) is 173 Å². The van der Waals surface area contributed by atoms with Gasteiger partial charge in [-0.1, -0.05) is 12.1 Å². The van der Waals surface area contributed by atoms with Gasteiger partial charge in [-0.3, -0.25) is 24.8 Å². The molecule has 2 amide bonds. The van der Waals surface area contributed by atoms with Crippen LogP contribution in [0, 0.1) is 0 Å². The van der Waals surface area contributed by atoms with E-state index in [4.69, 9.17) is 18.9 Å². The van der Waals surface area contributed by atoms with Gasteiger partial charge in [-0.15, -0.1) is 0 Å². The summed E-state index contributed by atoms with van der Waals surface area (Å²) in [4.78, 5) is 64.3. The van der Waals surface area contributed by atoms with Crippen molar-refractivity contribution < 1.29 is 33.3 Å². The number of ether oxygens (including phenoxy) is 4. The van der Waals surface area contributed by atoms with Crippen molar-refractivity contribution in [2.24, 2.45) is 0 Å². The van der Waals surface area contributed by atoms with Crippen LogP contribution in [0.1, 0.15) is 59.7 Å². The van der Waals surface area contributed by atoms with Crippen LogP contribution in [0.5, 0.6) is 5.75 Å². The summed E-state index contributed by atoms with van der Waals surface area (Å²) in [7, 11) is 1.53. The van der Waals surface area contributed by atoms with Crippen molar-refractivity contribution in [3.63, 3.8) is 0 Å². The number of carbonyl (C=O) groups is 3. The van der Waals surface area contributed by atoms with Crippen molar-refractivity contribution in [3.05, 3.63) is 45.9 Å². The van der Waals surface area contributed by atoms with E-state index < -0.39 is 41.3 Å². The highest BCUT2D eigenvalue weighted by molar-refractivity contribution is 5.95. The first-order valence-electron chi connectivity index (χ1n) is 13.2. The molecule has 0 saturated heterocycles. The van der Waals surface area contributed by atoms with E-state index in [1.165, 1.54) is 11.7 Å². The molecule has 1 aromatic carbocycles. The van der Waals surface area contributed by atoms with Crippen molar-refractivity contribution in [1.29, 1.82) is 0 Å². The van der Waals surface area contributed by atoms with Crippen LogP contribution in [0.3, 0.4) is 0 Å². The minimum Gasteiger partial charge on any atom is -0.497 e. The van der Waals surface area contributed by atoms with Gasteiger partial charge in [0, 0.05) is 0 Å². The predicted octanol–water partition coefficient (Wildman–Crippen LogP) is 4.04. The Balaban J connectivity index is 2.25. The number of amides is 2. The number of rotatable bonds is 8. The summed E-state index contributed by atoms with van der Waals surface area (Å²) in [5.41, 5.74) is -1.82. The van der Waals surface area contributed by atoms with Crippen LogP contribution in [0.15, 0.2) is 29.1 Å². The maximum Gasteiger partial charge on any atom is 0.414 e. The number of fused-ring (bicyclic) bond motifs is 1. The monoisotopic (exact) mass is 584 g/mol. The van der Waals surface area contributed by atoms with Crippen LogP contribution in [-0.2, 0) is 32.0 Å². The molecule has 0 atom stereocenters. The van der Waals surface area contributed by atoms with Crippen LogP contribution in [0.2, 0.25) is 0 Å². The number of carbonyl (C=O) groups excluding carboxylic acids is 3. The smallest absolute Gasteiger partial charge is 0.414 e. The van der Waals surface area contributed by atoms with Gasteiger partial charge in [0.1, 0.15) is 28.2 Å². The van der Waals surface area contributed by atoms with E-state index in [0.717, 1.165) is 0 Å². The van der Waals surface area contributed by atoms with E-state index in [9.17, 15) is 19.2 Å². The highest BCUT2D eigenvalue weighted by Gasteiger charge is 2.24. The molecule has 14 nitrogen and oxygen atoms in total. The van der Waals surface area contributed by atoms with Crippen LogP contribution in [0.25, 0.3) is 11.2 Å². The second-order valence-electron chi connectivity index (χ2n) is 11.1. The molecule has 3 rings (SSSR count). The maximum absolute atomic E-state index is 13.7. The number of aromatic nitrogens is 4. The zero-order valence-corrected chi connectivity index (χ0v) is 25.0. The quantitative estimate of drug-likeness (QED) is 0.289. The van der Waals surface area contributed by atoms with E-state index in [0.29, 0.717) is 11.3 Å². The fourth-order valence-electron chi connectivity index (χ4n) is 3.63. The summed E-state index contributed by atoms with van der Waals surface area (Å²) in [6.07, 6.45) is -2.16. The normalized spacial score (nSPS) is 11.5. The Morgan fingerprint density at radius 3 is 2.02 bits per heavy atom. The van der Waals surface area contributed by atoms with Crippen molar-refractivity contribution in [3.8, 4) is 5.75 Å². The Morgan fingerprint density at radius 1 is 0.881 bits per heavy atom. The number of esters is 1. The highest BCUT2D eigenvalue weighted by atomic mass is 16.6. The van der Waals surface area contributed by atoms with E-state index in [2.05, 4.69) is 25.6 Å². The third kappa shape index (κ3) is 8.88. The molecule has 0 aliphatic rings. The molecule has 0 unspecified atom stereocenters. The van der Waals surface area contributed by atoms with E-state index >= 15 is 0 Å². The first-order valence-corrected chi connectivity index (χ1v) is 13.2. The third-order valence-corrected chi connectivity index (χ3v) is 5.21. The van der Waals surface area contributed by atoms with Gasteiger partial charge in [-0.25, -0.2) is 14.6 Å². The molecule has 2 aromatic heterocycles. The molecule has 2 N–H and O–H groups in total. The molecule has 226 valence electrons. The minimum atomic E-state index is -0.868. The molecule has 0 saturated carbocycles. The molecule has 0 bridgehead atoms. The van der Waals surface area contributed by atoms with Crippen LogP contribution in [-0.4, -0.2) is 62.6 Å². The van der Waals surface area contributed by atoms with E-state index in [-0.39, 0.29) is 41.8 Å². The standard InChI is InChI=1S/C28H36N6O8/c1-9-40-19(35)14-18-23(36)34(15-16-10-12-17(39-8)13-11-16)22-20(29-18)21(31-25(37)41-27(2,3)4)30-24(32-22)33-26(38)42-28(5,6)7/h10-13H,9,14-15H2,1-8H3,(H2,30,31,32,33,37,38). The summed E-state index contributed by atoms with van der Waals surface area (Å²) in [5.74, 6) is -0.494. The molecule has 0 radical (unpaired) electrons. The second kappa shape index (κ2) is 12.8. The van der Waals surface area contributed by atoms with Crippen LogP contribution < -0.4 is 20.9 Å². The van der Waals surface area contributed by atoms with Gasteiger partial charge >= 0.3 is 18.2 Å². The Bertz CT molecular complexity index is 1520. The van der Waals surface area contributed by atoms with Crippen molar-refractivity contribution >= 4 is 41.1 Å². The Hall–Kier alpha value is -4.75. The lowest BCUT2D eigenvalue weighted by atomic mass is 10.2. The Morgan fingerprint density at radius 2 is 1.48 bits per heavy atom. The molecule has 42 heavy (non-hydrogen) atoms. The van der Waals surface area contributed by atoms with E-state index in [1.54, 1.807) is 72.7 Å². The minimum absolute atomic E-state index is 0.00750. The summed E-state index contributed by atoms with van der Waals surface area (Å²) < 4.78 is 22.2. The van der Waals surface area contributed by atoms with Gasteiger partial charge in [-0.2, -0.15) is 9.97 Å². The molecule has 0 aliphatic carbocycles. The fourth-order valence-corrected chi connectivity index (χ4v) is 3.63. The number of anilines is 2. The molecule has 3 aromatic rings. The first-order chi connectivity index (χ1) is 19.6. The molecule has 0 fully saturated rings. The van der Waals surface area contributed by atoms with Gasteiger partial charge in [-0.05, 0) is 66.2 Å². The molecule has 2 heterocycles. The zero-order valence-electron chi connectivity index (χ0n) is 25.0. The Kier molecular flexibility index (Phi) is 9.71. The average molecular weight is 585 g/mol. The van der Waals surface area contributed by atoms with Crippen molar-refractivity contribution in [2.45, 2.75) is 72.6 Å². The van der Waals surface area contributed by atoms with Gasteiger partial charge in [0.2, 0.25) is 5.95 Å². The summed E-state index contributed by atoms with van der Waals surface area (Å²) in [5, 5.41) is 4.95. The lowest BCUT2D eigenvalue weighted by molar-refractivity contribution is -0.142. The van der Waals surface area contributed by atoms with Gasteiger partial charge in [0.25, 0.3) is 5.56 Å². The first kappa shape index (κ1) is 31.8. The number of hydrogen-bond acceptors (Lipinski definition) is 11. The summed E-state index contributed by atoms with van der Waals surface area (Å²) in [6, 6.07) is 6.96. The van der Waals surface area contributed by atoms with Crippen LogP contribution in [0.4, 0.5) is 21.4 Å². The largest absolute Gasteiger partial charge is 0.497 e. The number of nitrogens with zero attached hydrogens (tertiary/aromatic N) is 4. The fraction of sp³-hybridized carbons (Fsp3) is 0.464. The molecule has 14 heteroatoms. The second-order valence-corrected chi connectivity index (χ2v) is 11.1. The third-order valence-electron chi connectivity index (χ3n) is 5.21. The van der Waals surface area contributed by atoms with Crippen LogP contribution >= 0.6 is 0 Å². The zero-order chi connectivity index (χ0) is 31.2. The molecule has 0 aliphatic heterocycles. The van der Waals surface area contributed by atoms with Gasteiger partial charge < -0.3 is 18.9 Å². The lowest BCUT2D eigenvalue weighted by Gasteiger charge is -2.21. The summed E-state index contributed by atoms with van der Waals surface area (Å²) in [6.45, 7) is 11.9. The van der Waals surface area contributed by atoms with E-state index in [1.807, 2.05) is 0 Å². The average Bonchev–Trinajstić information content (AvgIpc) is 2.85. The number of hydrogen-bond donors (Lipinski definition) is 2. The molecule has 0 spiro atoms. The number of benzene rings is 1. The number of methoxy groups -OCH3 is 1. The van der Waals surface area contributed by atoms with Crippen molar-refractivity contribution in [2.75, 3.05) is 24.4 Å². The molecular formula is C28H36N6O8. The number of nitrogens with one attached hydrogen (secondary N) is 2. The SMILES string of the molecule is CCOC(=O)Cc1nc2c(NC(=O)OC(C)(C)C)nc(NC(=O)OC(C)(C)C)nc2n(Cc2ccc(OC)cc2)c1=O. The predicted molar refractivity (Wildman–Crippen MR) is 154 cm³/mol. The molecular weight excluding hydrogens is 548 g/mol. The lowest BCUT2D eigenvalue weighted by Crippen LogP contribution is -2.31. The van der Waals surface area contributed by atoms with Gasteiger partial charge in [0.05, 0.1) is 26.7 Å². The van der Waals surface area contributed by atoms with Crippen molar-refractivity contribution in [1.82, 2.24) is 19.5 Å².